The molecule has 0 spiro atoms. The molecule has 3 nitrogen and oxygen atoms in total. The first kappa shape index (κ1) is 13.5. The molecule has 0 saturated carbocycles. The molecule has 0 fully saturated rings. The van der Waals surface area contributed by atoms with Gasteiger partial charge in [0.15, 0.2) is 0 Å². The van der Waals surface area contributed by atoms with Gasteiger partial charge in [-0.3, -0.25) is 4.68 Å². The van der Waals surface area contributed by atoms with E-state index in [1.54, 1.807) is 4.68 Å². The van der Waals surface area contributed by atoms with Crippen molar-refractivity contribution in [3.05, 3.63) is 16.4 Å². The van der Waals surface area contributed by atoms with Gasteiger partial charge in [-0.25, -0.2) is 0 Å². The molecule has 0 aliphatic carbocycles. The van der Waals surface area contributed by atoms with E-state index in [0.29, 0.717) is 0 Å². The number of hydrogen-bond donors (Lipinski definition) is 1. The molecule has 0 bridgehead atoms. The monoisotopic (exact) mass is 244 g/mol. The zero-order chi connectivity index (χ0) is 12.1. The topological polar surface area (TPSA) is 38.1 Å². The van der Waals surface area contributed by atoms with Gasteiger partial charge in [-0.1, -0.05) is 24.9 Å². The molecule has 0 amide bonds. The smallest absolute Gasteiger partial charge is 0.130 e. The van der Waals surface area contributed by atoms with E-state index in [9.17, 15) is 5.11 Å². The molecule has 1 N–H and O–H groups in total. The van der Waals surface area contributed by atoms with Gasteiger partial charge in [0.1, 0.15) is 5.15 Å². The molecule has 0 aliphatic heterocycles. The summed E-state index contributed by atoms with van der Waals surface area (Å²) in [4.78, 5) is 0. The van der Waals surface area contributed by atoms with Crippen LogP contribution in [0, 0.1) is 6.92 Å². The van der Waals surface area contributed by atoms with Gasteiger partial charge in [-0.15, -0.1) is 0 Å². The molecule has 1 rings (SSSR count). The minimum atomic E-state index is -0.166. The van der Waals surface area contributed by atoms with E-state index in [0.717, 1.165) is 48.5 Å². The fraction of sp³-hybridized carbons (Fsp3) is 0.750. The van der Waals surface area contributed by atoms with Crippen LogP contribution in [-0.4, -0.2) is 21.0 Å². The molecule has 0 radical (unpaired) electrons. The van der Waals surface area contributed by atoms with Crippen molar-refractivity contribution in [2.75, 3.05) is 0 Å². The normalized spacial score (nSPS) is 13.1. The third-order valence-corrected chi connectivity index (χ3v) is 3.33. The number of aliphatic hydroxyl groups excluding tert-OH is 1. The molecule has 4 heteroatoms. The Morgan fingerprint density at radius 2 is 2.12 bits per heavy atom. The second-order valence-electron chi connectivity index (χ2n) is 4.31. The number of rotatable bonds is 6. The van der Waals surface area contributed by atoms with Gasteiger partial charge >= 0.3 is 0 Å². The van der Waals surface area contributed by atoms with Crippen LogP contribution < -0.4 is 0 Å². The summed E-state index contributed by atoms with van der Waals surface area (Å²) >= 11 is 6.13. The summed E-state index contributed by atoms with van der Waals surface area (Å²) in [5, 5.41) is 14.6. The van der Waals surface area contributed by atoms with Crippen molar-refractivity contribution in [1.82, 2.24) is 9.78 Å². The molecule has 1 aromatic heterocycles. The molecule has 92 valence electrons. The summed E-state index contributed by atoms with van der Waals surface area (Å²) in [6.07, 6.45) is 4.47. The predicted molar refractivity (Wildman–Crippen MR) is 66.8 cm³/mol. The molecule has 1 atom stereocenters. The van der Waals surface area contributed by atoms with Gasteiger partial charge in [0.2, 0.25) is 0 Å². The van der Waals surface area contributed by atoms with Crippen LogP contribution in [0.4, 0.5) is 0 Å². The van der Waals surface area contributed by atoms with Gasteiger partial charge in [0.05, 0.1) is 11.8 Å². The highest BCUT2D eigenvalue weighted by Crippen LogP contribution is 2.21. The van der Waals surface area contributed by atoms with Gasteiger partial charge in [-0.2, -0.15) is 5.10 Å². The predicted octanol–water partition coefficient (Wildman–Crippen LogP) is 2.87. The Kier molecular flexibility index (Phi) is 5.29. The van der Waals surface area contributed by atoms with Crippen molar-refractivity contribution in [3.63, 3.8) is 0 Å². The highest BCUT2D eigenvalue weighted by atomic mass is 35.5. The van der Waals surface area contributed by atoms with Crippen LogP contribution in [-0.2, 0) is 13.5 Å². The van der Waals surface area contributed by atoms with Crippen LogP contribution >= 0.6 is 11.6 Å². The quantitative estimate of drug-likeness (QED) is 0.836. The maximum Gasteiger partial charge on any atom is 0.130 e. The Morgan fingerprint density at radius 1 is 1.44 bits per heavy atom. The van der Waals surface area contributed by atoms with Crippen LogP contribution in [0.5, 0.6) is 0 Å². The first-order chi connectivity index (χ1) is 7.56. The summed E-state index contributed by atoms with van der Waals surface area (Å²) in [7, 11) is 1.85. The van der Waals surface area contributed by atoms with E-state index in [2.05, 4.69) is 12.0 Å². The highest BCUT2D eigenvalue weighted by Gasteiger charge is 2.11. The Labute approximate surface area is 102 Å². The molecule has 1 aromatic rings. The maximum absolute atomic E-state index is 9.62. The lowest BCUT2D eigenvalue weighted by Gasteiger charge is -2.08. The third kappa shape index (κ3) is 3.49. The molecule has 1 heterocycles. The molecule has 0 aliphatic rings. The summed E-state index contributed by atoms with van der Waals surface area (Å²) in [5.41, 5.74) is 2.12. The second-order valence-corrected chi connectivity index (χ2v) is 4.67. The highest BCUT2D eigenvalue weighted by molar-refractivity contribution is 6.30. The Balaban J connectivity index is 2.43. The molecule has 0 aromatic carbocycles. The van der Waals surface area contributed by atoms with E-state index >= 15 is 0 Å². The largest absolute Gasteiger partial charge is 0.393 e. The zero-order valence-electron chi connectivity index (χ0n) is 10.3. The van der Waals surface area contributed by atoms with E-state index in [4.69, 9.17) is 11.6 Å². The Hall–Kier alpha value is -0.540. The van der Waals surface area contributed by atoms with Crippen LogP contribution in [0.3, 0.4) is 0 Å². The summed E-state index contributed by atoms with van der Waals surface area (Å²) < 4.78 is 1.70. The van der Waals surface area contributed by atoms with Gasteiger partial charge in [-0.05, 0) is 32.6 Å². The summed E-state index contributed by atoms with van der Waals surface area (Å²) in [6, 6.07) is 0. The van der Waals surface area contributed by atoms with Crippen molar-refractivity contribution in [2.24, 2.45) is 7.05 Å². The lowest BCUT2D eigenvalue weighted by Crippen LogP contribution is -2.06. The molecular weight excluding hydrogens is 224 g/mol. The van der Waals surface area contributed by atoms with Crippen molar-refractivity contribution in [2.45, 2.75) is 52.1 Å². The van der Waals surface area contributed by atoms with Crippen molar-refractivity contribution >= 4 is 11.6 Å². The van der Waals surface area contributed by atoms with E-state index in [1.165, 1.54) is 0 Å². The fourth-order valence-electron chi connectivity index (χ4n) is 1.95. The lowest BCUT2D eigenvalue weighted by molar-refractivity contribution is 0.151. The molecule has 16 heavy (non-hydrogen) atoms. The first-order valence-corrected chi connectivity index (χ1v) is 6.30. The number of aliphatic hydroxyl groups is 1. The Morgan fingerprint density at radius 3 is 2.62 bits per heavy atom. The second kappa shape index (κ2) is 6.26. The molecular formula is C12H21ClN2O. The first-order valence-electron chi connectivity index (χ1n) is 5.92. The number of aryl methyl sites for hydroxylation is 2. The summed E-state index contributed by atoms with van der Waals surface area (Å²) in [5.74, 6) is 0. The minimum Gasteiger partial charge on any atom is -0.393 e. The fourth-order valence-corrected chi connectivity index (χ4v) is 2.22. The Bertz CT molecular complexity index is 336. The SMILES string of the molecule is CCCC(O)CCCc1c(C)nn(C)c1Cl. The van der Waals surface area contributed by atoms with Gasteiger partial charge in [0, 0.05) is 12.6 Å². The van der Waals surface area contributed by atoms with Gasteiger partial charge < -0.3 is 5.11 Å². The van der Waals surface area contributed by atoms with Crippen molar-refractivity contribution in [3.8, 4) is 0 Å². The number of hydrogen-bond acceptors (Lipinski definition) is 2. The molecule has 1 unspecified atom stereocenters. The average molecular weight is 245 g/mol. The van der Waals surface area contributed by atoms with Gasteiger partial charge in [0.25, 0.3) is 0 Å². The van der Waals surface area contributed by atoms with E-state index in [-0.39, 0.29) is 6.10 Å². The standard InChI is InChI=1S/C12H21ClN2O/c1-4-6-10(16)7-5-8-11-9(2)14-15(3)12(11)13/h10,16H,4-8H2,1-3H3. The van der Waals surface area contributed by atoms with Crippen LogP contribution in [0.25, 0.3) is 0 Å². The lowest BCUT2D eigenvalue weighted by atomic mass is 10.0. The maximum atomic E-state index is 9.62. The summed E-state index contributed by atoms with van der Waals surface area (Å²) in [6.45, 7) is 4.06. The van der Waals surface area contributed by atoms with Crippen LogP contribution in [0.1, 0.15) is 43.9 Å². The number of halogens is 1. The van der Waals surface area contributed by atoms with E-state index in [1.807, 2.05) is 14.0 Å². The number of nitrogens with zero attached hydrogens (tertiary/aromatic N) is 2. The molecule has 0 saturated heterocycles. The zero-order valence-corrected chi connectivity index (χ0v) is 11.1. The van der Waals surface area contributed by atoms with Crippen molar-refractivity contribution < 1.29 is 5.11 Å². The van der Waals surface area contributed by atoms with Crippen LogP contribution in [0.2, 0.25) is 5.15 Å². The number of aromatic nitrogens is 2. The van der Waals surface area contributed by atoms with Crippen LogP contribution in [0.15, 0.2) is 0 Å². The average Bonchev–Trinajstić information content (AvgIpc) is 2.45. The third-order valence-electron chi connectivity index (χ3n) is 2.86. The van der Waals surface area contributed by atoms with Crippen molar-refractivity contribution in [1.29, 1.82) is 0 Å². The van der Waals surface area contributed by atoms with E-state index < -0.39 is 0 Å². The minimum absolute atomic E-state index is 0.166.